The van der Waals surface area contributed by atoms with Crippen LogP contribution >= 0.6 is 0 Å². The van der Waals surface area contributed by atoms with Crippen LogP contribution in [0.25, 0.3) is 0 Å². The van der Waals surface area contributed by atoms with E-state index in [0.717, 1.165) is 11.1 Å². The minimum Gasteiger partial charge on any atom is -0.382 e. The molecule has 0 atom stereocenters. The first kappa shape index (κ1) is 11.1. The molecule has 0 amide bonds. The van der Waals surface area contributed by atoms with Crippen LogP contribution in [0, 0.1) is 0 Å². The van der Waals surface area contributed by atoms with Crippen molar-refractivity contribution in [2.24, 2.45) is 15.9 Å². The molecular weight excluding hydrogens is 210 g/mol. The van der Waals surface area contributed by atoms with Crippen LogP contribution in [0.1, 0.15) is 11.1 Å². The van der Waals surface area contributed by atoms with Crippen LogP contribution in [0.15, 0.2) is 70.9 Å². The van der Waals surface area contributed by atoms with Crippen molar-refractivity contribution in [1.29, 1.82) is 0 Å². The van der Waals surface area contributed by atoms with Crippen molar-refractivity contribution in [1.82, 2.24) is 0 Å². The molecule has 0 unspecified atom stereocenters. The lowest BCUT2D eigenvalue weighted by Gasteiger charge is -1.96. The third-order valence-electron chi connectivity index (χ3n) is 2.24. The van der Waals surface area contributed by atoms with Crippen LogP contribution in [-0.4, -0.2) is 12.1 Å². The molecule has 84 valence electrons. The molecule has 0 radical (unpaired) electrons. The topological polar surface area (TPSA) is 50.7 Å². The highest BCUT2D eigenvalue weighted by Gasteiger charge is 1.94. The van der Waals surface area contributed by atoms with Crippen LogP contribution in [0.3, 0.4) is 0 Å². The predicted octanol–water partition coefficient (Wildman–Crippen LogP) is 2.43. The molecule has 2 rings (SSSR count). The van der Waals surface area contributed by atoms with Gasteiger partial charge >= 0.3 is 0 Å². The summed E-state index contributed by atoms with van der Waals surface area (Å²) in [6.07, 6.45) is 1.68. The first-order chi connectivity index (χ1) is 8.36. The lowest BCUT2D eigenvalue weighted by atomic mass is 10.2. The van der Waals surface area contributed by atoms with Gasteiger partial charge in [-0.3, -0.25) is 0 Å². The van der Waals surface area contributed by atoms with Gasteiger partial charge in [0.05, 0.1) is 6.21 Å². The number of rotatable bonds is 3. The van der Waals surface area contributed by atoms with Crippen LogP contribution in [-0.2, 0) is 0 Å². The van der Waals surface area contributed by atoms with Crippen molar-refractivity contribution in [2.45, 2.75) is 0 Å². The fourth-order valence-electron chi connectivity index (χ4n) is 1.36. The molecule has 2 N–H and O–H groups in total. The van der Waals surface area contributed by atoms with Crippen LogP contribution in [0.2, 0.25) is 0 Å². The van der Waals surface area contributed by atoms with Crippen LogP contribution in [0.5, 0.6) is 0 Å². The first-order valence-corrected chi connectivity index (χ1v) is 5.33. The third-order valence-corrected chi connectivity index (χ3v) is 2.24. The van der Waals surface area contributed by atoms with E-state index in [9.17, 15) is 0 Å². The Bertz CT molecular complexity index is 516. The van der Waals surface area contributed by atoms with E-state index in [1.54, 1.807) is 6.21 Å². The maximum Gasteiger partial charge on any atom is 0.153 e. The third kappa shape index (κ3) is 3.28. The van der Waals surface area contributed by atoms with Gasteiger partial charge in [0.2, 0.25) is 0 Å². The monoisotopic (exact) mass is 223 g/mol. The Morgan fingerprint density at radius 2 is 1.47 bits per heavy atom. The fraction of sp³-hybridized carbons (Fsp3) is 0. The Morgan fingerprint density at radius 3 is 2.12 bits per heavy atom. The minimum atomic E-state index is 0.415. The minimum absolute atomic E-state index is 0.415. The van der Waals surface area contributed by atoms with Crippen LogP contribution < -0.4 is 5.73 Å². The molecule has 3 heteroatoms. The summed E-state index contributed by atoms with van der Waals surface area (Å²) < 4.78 is 0. The Labute approximate surface area is 100 Å². The molecule has 0 heterocycles. The van der Waals surface area contributed by atoms with Crippen molar-refractivity contribution < 1.29 is 0 Å². The molecule has 0 aliphatic carbocycles. The van der Waals surface area contributed by atoms with Gasteiger partial charge in [-0.1, -0.05) is 60.7 Å². The highest BCUT2D eigenvalue weighted by atomic mass is 15.2. The zero-order chi connectivity index (χ0) is 11.9. The lowest BCUT2D eigenvalue weighted by Crippen LogP contribution is -2.12. The van der Waals surface area contributed by atoms with Gasteiger partial charge in [0.25, 0.3) is 0 Å². The van der Waals surface area contributed by atoms with E-state index in [4.69, 9.17) is 5.73 Å². The number of hydrogen-bond acceptors (Lipinski definition) is 2. The van der Waals surface area contributed by atoms with E-state index < -0.39 is 0 Å². The lowest BCUT2D eigenvalue weighted by molar-refractivity contribution is 1.23. The number of hydrogen-bond donors (Lipinski definition) is 1. The largest absolute Gasteiger partial charge is 0.382 e. The van der Waals surface area contributed by atoms with E-state index in [1.165, 1.54) is 0 Å². The SMILES string of the molecule is N/C(=N\N=Cc1ccccc1)c1ccccc1. The Hall–Kier alpha value is -2.42. The van der Waals surface area contributed by atoms with Crippen LogP contribution in [0.4, 0.5) is 0 Å². The molecular formula is C14H13N3. The summed E-state index contributed by atoms with van der Waals surface area (Å²) in [5.41, 5.74) is 7.67. The average molecular weight is 223 g/mol. The van der Waals surface area contributed by atoms with Crippen molar-refractivity contribution in [3.05, 3.63) is 71.8 Å². The van der Waals surface area contributed by atoms with Gasteiger partial charge in [-0.2, -0.15) is 5.10 Å². The molecule has 2 aromatic rings. The molecule has 0 fully saturated rings. The van der Waals surface area contributed by atoms with Gasteiger partial charge in [-0.25, -0.2) is 0 Å². The molecule has 0 saturated carbocycles. The second-order valence-electron chi connectivity index (χ2n) is 3.51. The number of benzene rings is 2. The Balaban J connectivity index is 2.09. The Morgan fingerprint density at radius 1 is 0.882 bits per heavy atom. The highest BCUT2D eigenvalue weighted by Crippen LogP contribution is 1.98. The quantitative estimate of drug-likeness (QED) is 0.485. The first-order valence-electron chi connectivity index (χ1n) is 5.33. The molecule has 0 saturated heterocycles. The maximum absolute atomic E-state index is 5.80. The molecule has 0 aliphatic rings. The van der Waals surface area contributed by atoms with Crippen molar-refractivity contribution in [2.75, 3.05) is 0 Å². The summed E-state index contributed by atoms with van der Waals surface area (Å²) in [6.45, 7) is 0. The van der Waals surface area contributed by atoms with Gasteiger partial charge in [-0.05, 0) is 5.56 Å². The highest BCUT2D eigenvalue weighted by molar-refractivity contribution is 5.97. The zero-order valence-corrected chi connectivity index (χ0v) is 9.32. The van der Waals surface area contributed by atoms with Crippen molar-refractivity contribution in [3.8, 4) is 0 Å². The summed E-state index contributed by atoms with van der Waals surface area (Å²) in [5.74, 6) is 0.415. The fourth-order valence-corrected chi connectivity index (χ4v) is 1.36. The van der Waals surface area contributed by atoms with Gasteiger partial charge in [0.1, 0.15) is 0 Å². The number of nitrogens with two attached hydrogens (primary N) is 1. The van der Waals surface area contributed by atoms with Gasteiger partial charge in [0.15, 0.2) is 5.84 Å². The van der Waals surface area contributed by atoms with E-state index in [-0.39, 0.29) is 0 Å². The second-order valence-corrected chi connectivity index (χ2v) is 3.51. The molecule has 0 aliphatic heterocycles. The van der Waals surface area contributed by atoms with Gasteiger partial charge < -0.3 is 5.73 Å². The molecule has 0 bridgehead atoms. The molecule has 3 nitrogen and oxygen atoms in total. The summed E-state index contributed by atoms with van der Waals surface area (Å²) in [7, 11) is 0. The predicted molar refractivity (Wildman–Crippen MR) is 71.2 cm³/mol. The van der Waals surface area contributed by atoms with Crippen molar-refractivity contribution in [3.63, 3.8) is 0 Å². The van der Waals surface area contributed by atoms with Crippen molar-refractivity contribution >= 4 is 12.1 Å². The summed E-state index contributed by atoms with van der Waals surface area (Å²) in [5, 5.41) is 7.91. The molecule has 0 aromatic heterocycles. The molecule has 17 heavy (non-hydrogen) atoms. The zero-order valence-electron chi connectivity index (χ0n) is 9.32. The normalized spacial score (nSPS) is 11.9. The maximum atomic E-state index is 5.80. The Kier molecular flexibility index (Phi) is 3.65. The van der Waals surface area contributed by atoms with E-state index >= 15 is 0 Å². The van der Waals surface area contributed by atoms with E-state index in [0.29, 0.717) is 5.84 Å². The summed E-state index contributed by atoms with van der Waals surface area (Å²) in [6, 6.07) is 19.3. The smallest absolute Gasteiger partial charge is 0.153 e. The molecule has 0 spiro atoms. The van der Waals surface area contributed by atoms with Gasteiger partial charge in [-0.15, -0.1) is 5.10 Å². The van der Waals surface area contributed by atoms with Gasteiger partial charge in [0, 0.05) is 5.56 Å². The standard InChI is InChI=1S/C14H13N3/c15-14(13-9-5-2-6-10-13)17-16-11-12-7-3-1-4-8-12/h1-11H,(H2,15,17). The number of amidine groups is 1. The summed E-state index contributed by atoms with van der Waals surface area (Å²) >= 11 is 0. The van der Waals surface area contributed by atoms with E-state index in [2.05, 4.69) is 10.2 Å². The summed E-state index contributed by atoms with van der Waals surface area (Å²) in [4.78, 5) is 0. The average Bonchev–Trinajstić information content (AvgIpc) is 2.41. The number of nitrogens with zero attached hydrogens (tertiary/aromatic N) is 2. The van der Waals surface area contributed by atoms with E-state index in [1.807, 2.05) is 60.7 Å². The molecule has 2 aromatic carbocycles. The second kappa shape index (κ2) is 5.61.